The van der Waals surface area contributed by atoms with E-state index in [0.29, 0.717) is 13.2 Å². The standard InChI is InChI=1S/C17H17N3O/c1-2-8-18-16(5-1)17-7-6-15(13-19-17)14-21-12-11-20-9-3-4-10-20/h1-10,13H,11-12,14H2. The van der Waals surface area contributed by atoms with Crippen LogP contribution in [-0.2, 0) is 17.9 Å². The number of hydrogen-bond donors (Lipinski definition) is 0. The van der Waals surface area contributed by atoms with Crippen LogP contribution in [0.5, 0.6) is 0 Å². The number of aromatic nitrogens is 3. The second kappa shape index (κ2) is 6.81. The molecule has 0 aliphatic rings. The van der Waals surface area contributed by atoms with E-state index in [1.807, 2.05) is 61.1 Å². The van der Waals surface area contributed by atoms with Crippen molar-refractivity contribution in [1.29, 1.82) is 0 Å². The fourth-order valence-corrected chi connectivity index (χ4v) is 2.05. The molecule has 0 bridgehead atoms. The van der Waals surface area contributed by atoms with Crippen LogP contribution in [0.3, 0.4) is 0 Å². The van der Waals surface area contributed by atoms with Crippen molar-refractivity contribution in [3.8, 4) is 11.4 Å². The van der Waals surface area contributed by atoms with E-state index in [-0.39, 0.29) is 0 Å². The number of pyridine rings is 2. The molecular formula is C17H17N3O. The quantitative estimate of drug-likeness (QED) is 0.651. The van der Waals surface area contributed by atoms with Crippen molar-refractivity contribution in [2.45, 2.75) is 13.2 Å². The summed E-state index contributed by atoms with van der Waals surface area (Å²) in [6.07, 6.45) is 7.69. The first-order valence-electron chi connectivity index (χ1n) is 6.97. The van der Waals surface area contributed by atoms with Crippen LogP contribution in [0.4, 0.5) is 0 Å². The van der Waals surface area contributed by atoms with Gasteiger partial charge in [-0.3, -0.25) is 9.97 Å². The predicted molar refractivity (Wildman–Crippen MR) is 81.6 cm³/mol. The fraction of sp³-hybridized carbons (Fsp3) is 0.176. The van der Waals surface area contributed by atoms with Crippen molar-refractivity contribution >= 4 is 0 Å². The van der Waals surface area contributed by atoms with Gasteiger partial charge in [0.15, 0.2) is 0 Å². The third-order valence-electron chi connectivity index (χ3n) is 3.18. The van der Waals surface area contributed by atoms with Gasteiger partial charge in [-0.15, -0.1) is 0 Å². The van der Waals surface area contributed by atoms with Crippen LogP contribution in [-0.4, -0.2) is 21.1 Å². The highest BCUT2D eigenvalue weighted by molar-refractivity contribution is 5.53. The van der Waals surface area contributed by atoms with Crippen LogP contribution < -0.4 is 0 Å². The zero-order valence-corrected chi connectivity index (χ0v) is 11.7. The summed E-state index contributed by atoms with van der Waals surface area (Å²) in [6.45, 7) is 2.14. The maximum absolute atomic E-state index is 5.66. The number of hydrogen-bond acceptors (Lipinski definition) is 3. The molecule has 0 unspecified atom stereocenters. The zero-order valence-electron chi connectivity index (χ0n) is 11.7. The van der Waals surface area contributed by atoms with E-state index < -0.39 is 0 Å². The van der Waals surface area contributed by atoms with Crippen LogP contribution in [0, 0.1) is 0 Å². The first-order valence-corrected chi connectivity index (χ1v) is 6.97. The third-order valence-corrected chi connectivity index (χ3v) is 3.18. The molecule has 21 heavy (non-hydrogen) atoms. The van der Waals surface area contributed by atoms with Crippen LogP contribution in [0.1, 0.15) is 5.56 Å². The van der Waals surface area contributed by atoms with Crippen molar-refractivity contribution in [3.05, 3.63) is 72.8 Å². The van der Waals surface area contributed by atoms with Crippen molar-refractivity contribution in [2.24, 2.45) is 0 Å². The van der Waals surface area contributed by atoms with E-state index in [0.717, 1.165) is 23.5 Å². The molecule has 0 aliphatic carbocycles. The van der Waals surface area contributed by atoms with Crippen LogP contribution in [0.25, 0.3) is 11.4 Å². The molecule has 0 saturated heterocycles. The largest absolute Gasteiger partial charge is 0.375 e. The monoisotopic (exact) mass is 279 g/mol. The van der Waals surface area contributed by atoms with E-state index in [1.165, 1.54) is 0 Å². The molecule has 0 spiro atoms. The minimum absolute atomic E-state index is 0.580. The Bertz CT molecular complexity index is 648. The van der Waals surface area contributed by atoms with Gasteiger partial charge >= 0.3 is 0 Å². The Kier molecular flexibility index (Phi) is 4.39. The normalized spacial score (nSPS) is 10.7. The summed E-state index contributed by atoms with van der Waals surface area (Å²) in [7, 11) is 0. The lowest BCUT2D eigenvalue weighted by atomic mass is 10.2. The molecule has 3 rings (SSSR count). The molecule has 0 radical (unpaired) electrons. The van der Waals surface area contributed by atoms with Gasteiger partial charge in [-0.2, -0.15) is 0 Å². The first-order chi connectivity index (χ1) is 10.4. The lowest BCUT2D eigenvalue weighted by molar-refractivity contribution is 0.113. The Balaban J connectivity index is 1.50. The molecule has 0 saturated carbocycles. The highest BCUT2D eigenvalue weighted by Gasteiger charge is 2.00. The van der Waals surface area contributed by atoms with Crippen molar-refractivity contribution in [3.63, 3.8) is 0 Å². The number of nitrogens with zero attached hydrogens (tertiary/aromatic N) is 3. The molecule has 4 heteroatoms. The Morgan fingerprint density at radius 2 is 1.76 bits per heavy atom. The van der Waals surface area contributed by atoms with Gasteiger partial charge in [0.05, 0.1) is 24.6 Å². The van der Waals surface area contributed by atoms with E-state index >= 15 is 0 Å². The fourth-order valence-electron chi connectivity index (χ4n) is 2.05. The summed E-state index contributed by atoms with van der Waals surface area (Å²) >= 11 is 0. The topological polar surface area (TPSA) is 39.9 Å². The molecule has 0 fully saturated rings. The van der Waals surface area contributed by atoms with E-state index in [1.54, 1.807) is 6.20 Å². The molecule has 0 atom stereocenters. The van der Waals surface area contributed by atoms with Gasteiger partial charge in [0.25, 0.3) is 0 Å². The van der Waals surface area contributed by atoms with Gasteiger partial charge in [-0.05, 0) is 35.9 Å². The molecule has 0 aromatic carbocycles. The molecule has 106 valence electrons. The van der Waals surface area contributed by atoms with E-state index in [4.69, 9.17) is 4.74 Å². The predicted octanol–water partition coefficient (Wildman–Crippen LogP) is 3.16. The van der Waals surface area contributed by atoms with Gasteiger partial charge in [0.2, 0.25) is 0 Å². The molecule has 4 nitrogen and oxygen atoms in total. The smallest absolute Gasteiger partial charge is 0.0886 e. The second-order valence-electron chi connectivity index (χ2n) is 4.74. The first kappa shape index (κ1) is 13.5. The minimum atomic E-state index is 0.580. The molecule has 3 aromatic rings. The molecule has 3 aromatic heterocycles. The van der Waals surface area contributed by atoms with Gasteiger partial charge in [0, 0.05) is 31.3 Å². The summed E-state index contributed by atoms with van der Waals surface area (Å²) in [5.41, 5.74) is 2.84. The third kappa shape index (κ3) is 3.77. The van der Waals surface area contributed by atoms with Crippen LogP contribution in [0.15, 0.2) is 67.3 Å². The lowest BCUT2D eigenvalue weighted by Crippen LogP contribution is -2.04. The van der Waals surface area contributed by atoms with Gasteiger partial charge in [-0.1, -0.05) is 12.1 Å². The lowest BCUT2D eigenvalue weighted by Gasteiger charge is -2.06. The van der Waals surface area contributed by atoms with Crippen molar-refractivity contribution < 1.29 is 4.74 Å². The molecule has 0 amide bonds. The number of rotatable bonds is 6. The molecule has 0 N–H and O–H groups in total. The Morgan fingerprint density at radius 3 is 2.48 bits per heavy atom. The molecular weight excluding hydrogens is 262 g/mol. The average molecular weight is 279 g/mol. The van der Waals surface area contributed by atoms with Crippen LogP contribution >= 0.6 is 0 Å². The SMILES string of the molecule is c1ccc(-c2ccc(COCCn3cccc3)cn2)nc1. The summed E-state index contributed by atoms with van der Waals surface area (Å²) in [4.78, 5) is 8.72. The van der Waals surface area contributed by atoms with E-state index in [9.17, 15) is 0 Å². The summed E-state index contributed by atoms with van der Waals surface area (Å²) in [6, 6.07) is 13.9. The highest BCUT2D eigenvalue weighted by Crippen LogP contribution is 2.13. The average Bonchev–Trinajstić information content (AvgIpc) is 3.06. The van der Waals surface area contributed by atoms with Gasteiger partial charge < -0.3 is 9.30 Å². The Labute approximate surface area is 124 Å². The van der Waals surface area contributed by atoms with Crippen LogP contribution in [0.2, 0.25) is 0 Å². The zero-order chi connectivity index (χ0) is 14.3. The van der Waals surface area contributed by atoms with Gasteiger partial charge in [0.1, 0.15) is 0 Å². The van der Waals surface area contributed by atoms with Crippen molar-refractivity contribution in [2.75, 3.05) is 6.61 Å². The van der Waals surface area contributed by atoms with Gasteiger partial charge in [-0.25, -0.2) is 0 Å². The Hall–Kier alpha value is -2.46. The molecule has 3 heterocycles. The number of ether oxygens (including phenoxy) is 1. The summed E-state index contributed by atoms with van der Waals surface area (Å²) < 4.78 is 7.76. The second-order valence-corrected chi connectivity index (χ2v) is 4.74. The Morgan fingerprint density at radius 1 is 0.905 bits per heavy atom. The highest BCUT2D eigenvalue weighted by atomic mass is 16.5. The molecule has 0 aliphatic heterocycles. The van der Waals surface area contributed by atoms with E-state index in [2.05, 4.69) is 14.5 Å². The summed E-state index contributed by atoms with van der Waals surface area (Å²) in [5, 5.41) is 0. The summed E-state index contributed by atoms with van der Waals surface area (Å²) in [5.74, 6) is 0. The maximum atomic E-state index is 5.66. The van der Waals surface area contributed by atoms with Crippen molar-refractivity contribution in [1.82, 2.24) is 14.5 Å². The minimum Gasteiger partial charge on any atom is -0.375 e. The maximum Gasteiger partial charge on any atom is 0.0886 e.